The molecule has 0 aliphatic carbocycles. The van der Waals surface area contributed by atoms with Crippen LogP contribution in [0, 0.1) is 0 Å². The number of nitrogens with zero attached hydrogens (tertiary/aromatic N) is 3. The Labute approximate surface area is 184 Å². The van der Waals surface area contributed by atoms with Crippen LogP contribution in [0.4, 0.5) is 0 Å². The molecule has 0 radical (unpaired) electrons. The molecule has 4 rings (SSSR count). The first kappa shape index (κ1) is 21.8. The summed E-state index contributed by atoms with van der Waals surface area (Å²) in [6, 6.07) is 16.4. The number of ether oxygens (including phenoxy) is 1. The largest absolute Gasteiger partial charge is 0.497 e. The second kappa shape index (κ2) is 9.38. The van der Waals surface area contributed by atoms with Gasteiger partial charge in [-0.25, -0.2) is 8.42 Å². The number of carbonyl (C=O) groups excluding carboxylic acids is 1. The highest BCUT2D eigenvalue weighted by Gasteiger charge is 2.37. The van der Waals surface area contributed by atoms with Crippen molar-refractivity contribution in [3.8, 4) is 5.75 Å². The van der Waals surface area contributed by atoms with E-state index in [1.165, 1.54) is 11.4 Å². The number of rotatable bonds is 6. The number of hydrogen-bond acceptors (Lipinski definition) is 5. The van der Waals surface area contributed by atoms with Crippen LogP contribution in [0.3, 0.4) is 0 Å². The number of benzene rings is 2. The van der Waals surface area contributed by atoms with Crippen molar-refractivity contribution in [1.29, 1.82) is 0 Å². The van der Waals surface area contributed by atoms with Gasteiger partial charge < -0.3 is 9.64 Å². The number of hydrogen-bond donors (Lipinski definition) is 0. The van der Waals surface area contributed by atoms with Gasteiger partial charge in [-0.2, -0.15) is 4.31 Å². The fourth-order valence-electron chi connectivity index (χ4n) is 4.40. The van der Waals surface area contributed by atoms with Crippen LogP contribution in [0.1, 0.15) is 18.4 Å². The zero-order valence-electron chi connectivity index (χ0n) is 17.8. The minimum absolute atomic E-state index is 0.146. The Morgan fingerprint density at radius 2 is 1.77 bits per heavy atom. The maximum absolute atomic E-state index is 13.1. The smallest absolute Gasteiger partial charge is 0.243 e. The molecular formula is C23H29N3O4S. The van der Waals surface area contributed by atoms with E-state index >= 15 is 0 Å². The van der Waals surface area contributed by atoms with E-state index in [0.717, 1.165) is 25.1 Å². The molecule has 0 aromatic heterocycles. The molecule has 7 nitrogen and oxygen atoms in total. The lowest BCUT2D eigenvalue weighted by Crippen LogP contribution is -2.44. The van der Waals surface area contributed by atoms with E-state index < -0.39 is 10.0 Å². The highest BCUT2D eigenvalue weighted by atomic mass is 32.2. The van der Waals surface area contributed by atoms with Crippen molar-refractivity contribution < 1.29 is 17.9 Å². The number of carbonyl (C=O) groups is 1. The fraction of sp³-hybridized carbons (Fsp3) is 0.435. The van der Waals surface area contributed by atoms with Crippen LogP contribution in [0.5, 0.6) is 5.75 Å². The third-order valence-corrected chi connectivity index (χ3v) is 7.99. The van der Waals surface area contributed by atoms with E-state index in [4.69, 9.17) is 4.74 Å². The lowest BCUT2D eigenvalue weighted by atomic mass is 10.2. The SMILES string of the molecule is COc1cccc(S(=O)(=O)N2CCCN(C3CCN(Cc4ccccc4)C3=O)CC2)c1. The highest BCUT2D eigenvalue weighted by Crippen LogP contribution is 2.24. The Hall–Kier alpha value is -2.42. The van der Waals surface area contributed by atoms with Gasteiger partial charge in [0.25, 0.3) is 0 Å². The molecule has 2 aliphatic rings. The van der Waals surface area contributed by atoms with E-state index in [2.05, 4.69) is 4.90 Å². The molecule has 0 spiro atoms. The fourth-order valence-corrected chi connectivity index (χ4v) is 5.90. The molecule has 2 aromatic carbocycles. The Morgan fingerprint density at radius 3 is 2.55 bits per heavy atom. The first-order chi connectivity index (χ1) is 15.0. The van der Waals surface area contributed by atoms with Crippen molar-refractivity contribution in [1.82, 2.24) is 14.1 Å². The van der Waals surface area contributed by atoms with E-state index in [-0.39, 0.29) is 16.8 Å². The first-order valence-electron chi connectivity index (χ1n) is 10.7. The monoisotopic (exact) mass is 443 g/mol. The summed E-state index contributed by atoms with van der Waals surface area (Å²) < 4.78 is 33.0. The van der Waals surface area contributed by atoms with Gasteiger partial charge in [0, 0.05) is 45.3 Å². The van der Waals surface area contributed by atoms with Gasteiger partial charge in [0.05, 0.1) is 18.0 Å². The molecule has 1 unspecified atom stereocenters. The molecular weight excluding hydrogens is 414 g/mol. The Bertz CT molecular complexity index is 1010. The Kier molecular flexibility index (Phi) is 6.60. The summed E-state index contributed by atoms with van der Waals surface area (Å²) in [5, 5.41) is 0. The predicted molar refractivity (Wildman–Crippen MR) is 118 cm³/mol. The molecule has 2 fully saturated rings. The number of amides is 1. The summed E-state index contributed by atoms with van der Waals surface area (Å²) in [5.74, 6) is 0.667. The van der Waals surface area contributed by atoms with Gasteiger partial charge >= 0.3 is 0 Å². The van der Waals surface area contributed by atoms with Gasteiger partial charge in [0.15, 0.2) is 0 Å². The zero-order valence-corrected chi connectivity index (χ0v) is 18.6. The van der Waals surface area contributed by atoms with E-state index in [1.807, 2.05) is 35.2 Å². The van der Waals surface area contributed by atoms with Crippen LogP contribution in [0.25, 0.3) is 0 Å². The summed E-state index contributed by atoms with van der Waals surface area (Å²) >= 11 is 0. The van der Waals surface area contributed by atoms with Crippen LogP contribution in [0.2, 0.25) is 0 Å². The van der Waals surface area contributed by atoms with Gasteiger partial charge in [0.1, 0.15) is 5.75 Å². The molecule has 0 saturated carbocycles. The van der Waals surface area contributed by atoms with Gasteiger partial charge in [-0.3, -0.25) is 9.69 Å². The predicted octanol–water partition coefficient (Wildman–Crippen LogP) is 2.19. The molecule has 2 heterocycles. The van der Waals surface area contributed by atoms with Crippen molar-refractivity contribution in [2.24, 2.45) is 0 Å². The zero-order chi connectivity index (χ0) is 21.8. The number of sulfonamides is 1. The Morgan fingerprint density at radius 1 is 0.968 bits per heavy atom. The average molecular weight is 444 g/mol. The van der Waals surface area contributed by atoms with Crippen LogP contribution < -0.4 is 4.74 Å². The van der Waals surface area contributed by atoms with Crippen LogP contribution in [-0.4, -0.2) is 74.3 Å². The average Bonchev–Trinajstić information content (AvgIpc) is 2.99. The summed E-state index contributed by atoms with van der Waals surface area (Å²) in [7, 11) is -2.08. The summed E-state index contributed by atoms with van der Waals surface area (Å²) in [6.07, 6.45) is 1.49. The minimum Gasteiger partial charge on any atom is -0.497 e. The van der Waals surface area contributed by atoms with Crippen LogP contribution >= 0.6 is 0 Å². The topological polar surface area (TPSA) is 70.2 Å². The number of methoxy groups -OCH3 is 1. The lowest BCUT2D eigenvalue weighted by Gasteiger charge is -2.26. The van der Waals surface area contributed by atoms with E-state index in [9.17, 15) is 13.2 Å². The summed E-state index contributed by atoms with van der Waals surface area (Å²) in [5.41, 5.74) is 1.13. The molecule has 2 aliphatic heterocycles. The maximum Gasteiger partial charge on any atom is 0.243 e. The molecule has 1 atom stereocenters. The first-order valence-corrected chi connectivity index (χ1v) is 12.1. The molecule has 8 heteroatoms. The molecule has 2 aromatic rings. The molecule has 0 bridgehead atoms. The van der Waals surface area contributed by atoms with Crippen molar-refractivity contribution >= 4 is 15.9 Å². The molecule has 0 N–H and O–H groups in total. The standard InChI is InChI=1S/C23H29N3O4S/c1-30-20-9-5-10-21(17-20)31(28,29)26-13-6-12-24(15-16-26)22-11-14-25(23(22)27)18-19-7-3-2-4-8-19/h2-5,7-10,17,22H,6,11-16,18H2,1H3. The lowest BCUT2D eigenvalue weighted by molar-refractivity contribution is -0.132. The summed E-state index contributed by atoms with van der Waals surface area (Å²) in [6.45, 7) is 3.46. The maximum atomic E-state index is 13.1. The number of likely N-dealkylation sites (tertiary alicyclic amines) is 1. The summed E-state index contributed by atoms with van der Waals surface area (Å²) in [4.78, 5) is 17.3. The van der Waals surface area contributed by atoms with Gasteiger partial charge in [-0.05, 0) is 30.5 Å². The second-order valence-corrected chi connectivity index (χ2v) is 9.96. The van der Waals surface area contributed by atoms with Crippen LogP contribution in [0.15, 0.2) is 59.5 Å². The molecule has 1 amide bonds. The van der Waals surface area contributed by atoms with E-state index in [1.54, 1.807) is 24.3 Å². The van der Waals surface area contributed by atoms with Crippen molar-refractivity contribution in [3.63, 3.8) is 0 Å². The van der Waals surface area contributed by atoms with Crippen LogP contribution in [-0.2, 0) is 21.4 Å². The van der Waals surface area contributed by atoms with Crippen molar-refractivity contribution in [2.75, 3.05) is 39.8 Å². The third kappa shape index (κ3) is 4.76. The molecule has 166 valence electrons. The Balaban J connectivity index is 1.40. The third-order valence-electron chi connectivity index (χ3n) is 6.09. The van der Waals surface area contributed by atoms with Crippen molar-refractivity contribution in [2.45, 2.75) is 30.3 Å². The van der Waals surface area contributed by atoms with Crippen molar-refractivity contribution in [3.05, 3.63) is 60.2 Å². The van der Waals surface area contributed by atoms with E-state index in [0.29, 0.717) is 38.3 Å². The van der Waals surface area contributed by atoms with Gasteiger partial charge in [-0.1, -0.05) is 36.4 Å². The molecule has 31 heavy (non-hydrogen) atoms. The minimum atomic E-state index is -3.60. The van der Waals surface area contributed by atoms with Gasteiger partial charge in [0.2, 0.25) is 15.9 Å². The normalized spacial score (nSPS) is 21.3. The molecule has 2 saturated heterocycles. The van der Waals surface area contributed by atoms with Gasteiger partial charge in [-0.15, -0.1) is 0 Å². The highest BCUT2D eigenvalue weighted by molar-refractivity contribution is 7.89. The quantitative estimate of drug-likeness (QED) is 0.685. The second-order valence-electron chi connectivity index (χ2n) is 8.02.